The van der Waals surface area contributed by atoms with Crippen LogP contribution < -0.4 is 0 Å². The third kappa shape index (κ3) is 3.84. The molecule has 22 heavy (non-hydrogen) atoms. The average molecular weight is 338 g/mol. The van der Waals surface area contributed by atoms with E-state index >= 15 is 0 Å². The van der Waals surface area contributed by atoms with Gasteiger partial charge in [-0.05, 0) is 32.8 Å². The first kappa shape index (κ1) is 15.4. The van der Waals surface area contributed by atoms with Crippen molar-refractivity contribution in [2.45, 2.75) is 11.7 Å². The van der Waals surface area contributed by atoms with Gasteiger partial charge < -0.3 is 4.90 Å². The van der Waals surface area contributed by atoms with Crippen LogP contribution in [0.2, 0.25) is 0 Å². The van der Waals surface area contributed by atoms with Gasteiger partial charge in [-0.25, -0.2) is 4.68 Å². The van der Waals surface area contributed by atoms with Gasteiger partial charge in [0.1, 0.15) is 0 Å². The number of rotatable bonds is 5. The van der Waals surface area contributed by atoms with Crippen LogP contribution in [0.25, 0.3) is 0 Å². The van der Waals surface area contributed by atoms with Gasteiger partial charge >= 0.3 is 0 Å². The SMILES string of the molecule is Cn1nnnc1SCC(=O)N1CCN(Cc2ccsc2)CC1. The lowest BCUT2D eigenvalue weighted by atomic mass is 10.2. The van der Waals surface area contributed by atoms with Gasteiger partial charge in [-0.15, -0.1) is 5.10 Å². The van der Waals surface area contributed by atoms with Crippen molar-refractivity contribution in [3.05, 3.63) is 22.4 Å². The molecule has 0 radical (unpaired) electrons. The molecule has 0 aliphatic carbocycles. The third-order valence-corrected chi connectivity index (χ3v) is 5.34. The number of hydrogen-bond acceptors (Lipinski definition) is 7. The van der Waals surface area contributed by atoms with Crippen molar-refractivity contribution in [3.8, 4) is 0 Å². The van der Waals surface area contributed by atoms with Gasteiger partial charge in [-0.1, -0.05) is 11.8 Å². The van der Waals surface area contributed by atoms with Gasteiger partial charge in [0.2, 0.25) is 11.1 Å². The Morgan fingerprint density at radius 2 is 2.18 bits per heavy atom. The molecule has 0 N–H and O–H groups in total. The second-order valence-corrected chi connectivity index (χ2v) is 6.88. The first-order valence-electron chi connectivity index (χ1n) is 7.09. The lowest BCUT2D eigenvalue weighted by molar-refractivity contribution is -0.130. The van der Waals surface area contributed by atoms with Crippen LogP contribution in [-0.2, 0) is 18.4 Å². The molecule has 3 heterocycles. The summed E-state index contributed by atoms with van der Waals surface area (Å²) in [6.07, 6.45) is 0. The standard InChI is InChI=1S/C13H18N6OS2/c1-17-13(14-15-16-17)22-10-12(20)19-5-3-18(4-6-19)8-11-2-7-21-9-11/h2,7,9H,3-6,8,10H2,1H3. The fourth-order valence-corrected chi connectivity index (χ4v) is 3.77. The summed E-state index contributed by atoms with van der Waals surface area (Å²) < 4.78 is 1.58. The highest BCUT2D eigenvalue weighted by Gasteiger charge is 2.21. The molecule has 1 amide bonds. The van der Waals surface area contributed by atoms with E-state index in [4.69, 9.17) is 0 Å². The third-order valence-electron chi connectivity index (χ3n) is 3.62. The number of tetrazole rings is 1. The average Bonchev–Trinajstić information content (AvgIpc) is 3.17. The van der Waals surface area contributed by atoms with Crippen molar-refractivity contribution < 1.29 is 4.79 Å². The van der Waals surface area contributed by atoms with Crippen molar-refractivity contribution in [2.24, 2.45) is 7.05 Å². The van der Waals surface area contributed by atoms with E-state index in [1.54, 1.807) is 23.1 Å². The molecule has 3 rings (SSSR count). The Morgan fingerprint density at radius 1 is 1.36 bits per heavy atom. The number of hydrogen-bond donors (Lipinski definition) is 0. The van der Waals surface area contributed by atoms with Crippen LogP contribution in [0.5, 0.6) is 0 Å². The minimum Gasteiger partial charge on any atom is -0.339 e. The van der Waals surface area contributed by atoms with Gasteiger partial charge in [0.25, 0.3) is 0 Å². The summed E-state index contributed by atoms with van der Waals surface area (Å²) in [6.45, 7) is 4.42. The Bertz CT molecular complexity index is 606. The predicted octanol–water partition coefficient (Wildman–Crippen LogP) is 0.708. The van der Waals surface area contributed by atoms with Crippen LogP contribution in [0.15, 0.2) is 22.0 Å². The van der Waals surface area contributed by atoms with E-state index in [1.807, 2.05) is 4.90 Å². The Balaban J connectivity index is 1.42. The fraction of sp³-hybridized carbons (Fsp3) is 0.538. The number of thioether (sulfide) groups is 1. The van der Waals surface area contributed by atoms with Crippen molar-refractivity contribution in [2.75, 3.05) is 31.9 Å². The Hall–Kier alpha value is -1.45. The van der Waals surface area contributed by atoms with Gasteiger partial charge in [0.15, 0.2) is 0 Å². The predicted molar refractivity (Wildman–Crippen MR) is 85.7 cm³/mol. The number of aromatic nitrogens is 4. The molecule has 1 aliphatic heterocycles. The largest absolute Gasteiger partial charge is 0.339 e. The topological polar surface area (TPSA) is 67.2 Å². The van der Waals surface area contributed by atoms with Crippen molar-refractivity contribution in [1.82, 2.24) is 30.0 Å². The Labute approximate surface area is 137 Å². The van der Waals surface area contributed by atoms with Crippen molar-refractivity contribution >= 4 is 29.0 Å². The Morgan fingerprint density at radius 3 is 2.82 bits per heavy atom. The second-order valence-electron chi connectivity index (χ2n) is 5.16. The van der Waals surface area contributed by atoms with Crippen LogP contribution in [0.1, 0.15) is 5.56 Å². The van der Waals surface area contributed by atoms with Gasteiger partial charge in [0, 0.05) is 39.8 Å². The van der Waals surface area contributed by atoms with Crippen molar-refractivity contribution in [3.63, 3.8) is 0 Å². The molecule has 0 spiro atoms. The summed E-state index contributed by atoms with van der Waals surface area (Å²) in [5.41, 5.74) is 1.36. The van der Waals surface area contributed by atoms with E-state index in [0.29, 0.717) is 10.9 Å². The molecule has 2 aromatic rings. The van der Waals surface area contributed by atoms with E-state index < -0.39 is 0 Å². The maximum atomic E-state index is 12.2. The Kier molecular flexibility index (Phi) is 5.06. The number of piperazine rings is 1. The molecule has 0 saturated carbocycles. The number of carbonyl (C=O) groups excluding carboxylic acids is 1. The number of carbonyl (C=O) groups is 1. The smallest absolute Gasteiger partial charge is 0.233 e. The lowest BCUT2D eigenvalue weighted by Gasteiger charge is -2.34. The zero-order chi connectivity index (χ0) is 15.4. The maximum Gasteiger partial charge on any atom is 0.233 e. The van der Waals surface area contributed by atoms with E-state index in [9.17, 15) is 4.79 Å². The van der Waals surface area contributed by atoms with E-state index in [1.165, 1.54) is 17.3 Å². The summed E-state index contributed by atoms with van der Waals surface area (Å²) in [6, 6.07) is 2.16. The monoisotopic (exact) mass is 338 g/mol. The summed E-state index contributed by atoms with van der Waals surface area (Å²) in [4.78, 5) is 16.6. The highest BCUT2D eigenvalue weighted by molar-refractivity contribution is 7.99. The first-order valence-corrected chi connectivity index (χ1v) is 9.01. The molecule has 2 aromatic heterocycles. The summed E-state index contributed by atoms with van der Waals surface area (Å²) in [7, 11) is 1.77. The highest BCUT2D eigenvalue weighted by Crippen LogP contribution is 2.15. The molecule has 1 aliphatic rings. The normalized spacial score (nSPS) is 16.1. The summed E-state index contributed by atoms with van der Waals surface area (Å²) in [5, 5.41) is 16.2. The fourth-order valence-electron chi connectivity index (χ4n) is 2.36. The summed E-state index contributed by atoms with van der Waals surface area (Å²) in [5.74, 6) is 0.543. The zero-order valence-corrected chi connectivity index (χ0v) is 14.0. The molecule has 1 saturated heterocycles. The number of thiophene rings is 1. The quantitative estimate of drug-likeness (QED) is 0.748. The number of nitrogens with zero attached hydrogens (tertiary/aromatic N) is 6. The highest BCUT2D eigenvalue weighted by atomic mass is 32.2. The van der Waals surface area contributed by atoms with E-state index in [2.05, 4.69) is 37.3 Å². The van der Waals surface area contributed by atoms with Gasteiger partial charge in [-0.3, -0.25) is 9.69 Å². The molecule has 0 unspecified atom stereocenters. The van der Waals surface area contributed by atoms with Crippen LogP contribution in [0.4, 0.5) is 0 Å². The second kappa shape index (κ2) is 7.21. The first-order chi connectivity index (χ1) is 10.7. The zero-order valence-electron chi connectivity index (χ0n) is 12.4. The van der Waals surface area contributed by atoms with Crippen LogP contribution >= 0.6 is 23.1 Å². The van der Waals surface area contributed by atoms with Gasteiger partial charge in [0.05, 0.1) is 5.75 Å². The molecular formula is C13H18N6OS2. The molecular weight excluding hydrogens is 320 g/mol. The lowest BCUT2D eigenvalue weighted by Crippen LogP contribution is -2.48. The summed E-state index contributed by atoms with van der Waals surface area (Å²) >= 11 is 3.11. The van der Waals surface area contributed by atoms with E-state index in [0.717, 1.165) is 32.7 Å². The maximum absolute atomic E-state index is 12.2. The van der Waals surface area contributed by atoms with Crippen LogP contribution in [-0.4, -0.2) is 67.8 Å². The number of aryl methyl sites for hydroxylation is 1. The van der Waals surface area contributed by atoms with E-state index in [-0.39, 0.29) is 5.91 Å². The molecule has 0 aromatic carbocycles. The minimum absolute atomic E-state index is 0.156. The van der Waals surface area contributed by atoms with Crippen LogP contribution in [0, 0.1) is 0 Å². The minimum atomic E-state index is 0.156. The molecule has 9 heteroatoms. The van der Waals surface area contributed by atoms with Crippen molar-refractivity contribution in [1.29, 1.82) is 0 Å². The molecule has 0 bridgehead atoms. The molecule has 118 valence electrons. The molecule has 1 fully saturated rings. The molecule has 7 nitrogen and oxygen atoms in total. The van der Waals surface area contributed by atoms with Crippen LogP contribution in [0.3, 0.4) is 0 Å². The molecule has 0 atom stereocenters. The number of amides is 1. The van der Waals surface area contributed by atoms with Gasteiger partial charge in [-0.2, -0.15) is 11.3 Å².